The van der Waals surface area contributed by atoms with E-state index in [1.807, 2.05) is 12.1 Å². The molecular weight excluding hydrogens is 240 g/mol. The summed E-state index contributed by atoms with van der Waals surface area (Å²) in [6.45, 7) is 0. The highest BCUT2D eigenvalue weighted by molar-refractivity contribution is 8.77. The summed E-state index contributed by atoms with van der Waals surface area (Å²) in [6.07, 6.45) is 0. The van der Waals surface area contributed by atoms with Gasteiger partial charge in [-0.2, -0.15) is 0 Å². The van der Waals surface area contributed by atoms with E-state index in [0.29, 0.717) is 0 Å². The SMILES string of the molecule is COc1ccc2ccc(OC)c3c2c1SS3. The lowest BCUT2D eigenvalue weighted by Crippen LogP contribution is -1.88. The Morgan fingerprint density at radius 3 is 1.75 bits per heavy atom. The van der Waals surface area contributed by atoms with Crippen molar-refractivity contribution in [1.29, 1.82) is 0 Å². The molecule has 0 atom stereocenters. The van der Waals surface area contributed by atoms with Crippen LogP contribution in [0.4, 0.5) is 0 Å². The first-order valence-corrected chi connectivity index (χ1v) is 7.02. The molecule has 0 N–H and O–H groups in total. The van der Waals surface area contributed by atoms with E-state index in [-0.39, 0.29) is 0 Å². The summed E-state index contributed by atoms with van der Waals surface area (Å²) >= 11 is 0. The Labute approximate surface area is 102 Å². The van der Waals surface area contributed by atoms with E-state index in [1.165, 1.54) is 20.6 Å². The number of ether oxygens (including phenoxy) is 2. The Kier molecular flexibility index (Phi) is 2.41. The van der Waals surface area contributed by atoms with Crippen LogP contribution in [0, 0.1) is 0 Å². The smallest absolute Gasteiger partial charge is 0.133 e. The largest absolute Gasteiger partial charge is 0.496 e. The first kappa shape index (κ1) is 10.2. The minimum absolute atomic E-state index is 0.942. The fourth-order valence-electron chi connectivity index (χ4n) is 1.89. The maximum absolute atomic E-state index is 5.38. The predicted octanol–water partition coefficient (Wildman–Crippen LogP) is 3.97. The standard InChI is InChI=1S/C12H10O2S2/c1-13-8-5-3-7-4-6-9(14-2)12-10(7)11(8)15-16-12/h3-6H,1-2H3. The zero-order valence-corrected chi connectivity index (χ0v) is 10.6. The molecule has 3 rings (SSSR count). The van der Waals surface area contributed by atoms with E-state index >= 15 is 0 Å². The third-order valence-electron chi connectivity index (χ3n) is 2.67. The van der Waals surface area contributed by atoms with Crippen molar-refractivity contribution in [2.24, 2.45) is 0 Å². The first-order valence-electron chi connectivity index (χ1n) is 4.87. The van der Waals surface area contributed by atoms with Crippen molar-refractivity contribution < 1.29 is 9.47 Å². The molecule has 2 aromatic rings. The van der Waals surface area contributed by atoms with Crippen LogP contribution >= 0.6 is 21.6 Å². The predicted molar refractivity (Wildman–Crippen MR) is 68.8 cm³/mol. The van der Waals surface area contributed by atoms with E-state index in [1.54, 1.807) is 35.8 Å². The first-order chi connectivity index (χ1) is 7.85. The van der Waals surface area contributed by atoms with Gasteiger partial charge in [0.2, 0.25) is 0 Å². The van der Waals surface area contributed by atoms with Gasteiger partial charge in [0.05, 0.1) is 24.0 Å². The molecule has 4 heteroatoms. The van der Waals surface area contributed by atoms with Crippen LogP contribution in [0.15, 0.2) is 34.1 Å². The molecule has 0 aliphatic carbocycles. The number of benzene rings is 2. The van der Waals surface area contributed by atoms with Crippen LogP contribution in [-0.2, 0) is 0 Å². The summed E-state index contributed by atoms with van der Waals surface area (Å²) < 4.78 is 10.8. The lowest BCUT2D eigenvalue weighted by molar-refractivity contribution is 0.403. The van der Waals surface area contributed by atoms with Crippen LogP contribution in [0.3, 0.4) is 0 Å². The average molecular weight is 250 g/mol. The van der Waals surface area contributed by atoms with E-state index in [4.69, 9.17) is 9.47 Å². The third-order valence-corrected chi connectivity index (χ3v) is 5.14. The maximum atomic E-state index is 5.38. The maximum Gasteiger partial charge on any atom is 0.133 e. The van der Waals surface area contributed by atoms with Crippen molar-refractivity contribution in [1.82, 2.24) is 0 Å². The fourth-order valence-corrected chi connectivity index (χ4v) is 4.68. The van der Waals surface area contributed by atoms with Gasteiger partial charge in [-0.15, -0.1) is 0 Å². The second kappa shape index (κ2) is 3.79. The molecule has 1 aliphatic heterocycles. The molecule has 82 valence electrons. The number of rotatable bonds is 2. The molecule has 1 heterocycles. The molecule has 16 heavy (non-hydrogen) atoms. The number of hydrogen-bond acceptors (Lipinski definition) is 4. The zero-order valence-electron chi connectivity index (χ0n) is 8.94. The quantitative estimate of drug-likeness (QED) is 0.750. The lowest BCUT2D eigenvalue weighted by Gasteiger charge is -2.07. The molecule has 0 bridgehead atoms. The van der Waals surface area contributed by atoms with Gasteiger partial charge in [0.15, 0.2) is 0 Å². The monoisotopic (exact) mass is 250 g/mol. The summed E-state index contributed by atoms with van der Waals surface area (Å²) in [6, 6.07) is 8.22. The van der Waals surface area contributed by atoms with Crippen molar-refractivity contribution in [3.8, 4) is 11.5 Å². The van der Waals surface area contributed by atoms with E-state index in [2.05, 4.69) is 12.1 Å². The van der Waals surface area contributed by atoms with Crippen LogP contribution in [0.1, 0.15) is 0 Å². The Balaban J connectivity index is 2.39. The van der Waals surface area contributed by atoms with Gasteiger partial charge >= 0.3 is 0 Å². The van der Waals surface area contributed by atoms with Gasteiger partial charge in [-0.1, -0.05) is 12.1 Å². The third kappa shape index (κ3) is 1.30. The Morgan fingerprint density at radius 1 is 0.812 bits per heavy atom. The molecule has 0 spiro atoms. The Hall–Kier alpha value is -1.000. The van der Waals surface area contributed by atoms with E-state index < -0.39 is 0 Å². The minimum atomic E-state index is 0.942. The topological polar surface area (TPSA) is 18.5 Å². The van der Waals surface area contributed by atoms with Crippen molar-refractivity contribution in [3.63, 3.8) is 0 Å². The van der Waals surface area contributed by atoms with Crippen molar-refractivity contribution in [2.45, 2.75) is 9.79 Å². The molecule has 0 saturated heterocycles. The van der Waals surface area contributed by atoms with E-state index in [9.17, 15) is 0 Å². The van der Waals surface area contributed by atoms with Crippen molar-refractivity contribution in [3.05, 3.63) is 24.3 Å². The van der Waals surface area contributed by atoms with Gasteiger partial charge in [0.25, 0.3) is 0 Å². The number of hydrogen-bond donors (Lipinski definition) is 0. The lowest BCUT2D eigenvalue weighted by atomic mass is 10.1. The molecule has 1 aliphatic rings. The Morgan fingerprint density at radius 2 is 1.31 bits per heavy atom. The average Bonchev–Trinajstić information content (AvgIpc) is 2.77. The molecule has 0 unspecified atom stereocenters. The van der Waals surface area contributed by atoms with Crippen LogP contribution in [0.5, 0.6) is 11.5 Å². The second-order valence-electron chi connectivity index (χ2n) is 3.46. The molecule has 2 aromatic carbocycles. The summed E-state index contributed by atoms with van der Waals surface area (Å²) in [4.78, 5) is 2.41. The van der Waals surface area contributed by atoms with Crippen LogP contribution in [-0.4, -0.2) is 14.2 Å². The molecule has 2 nitrogen and oxygen atoms in total. The van der Waals surface area contributed by atoms with Crippen molar-refractivity contribution in [2.75, 3.05) is 14.2 Å². The van der Waals surface area contributed by atoms with Gasteiger partial charge in [-0.05, 0) is 39.1 Å². The molecule has 0 fully saturated rings. The molecule has 0 aromatic heterocycles. The summed E-state index contributed by atoms with van der Waals surface area (Å²) in [7, 11) is 6.90. The normalized spacial score (nSPS) is 13.1. The second-order valence-corrected chi connectivity index (χ2v) is 5.61. The minimum Gasteiger partial charge on any atom is -0.496 e. The van der Waals surface area contributed by atoms with Crippen LogP contribution in [0.2, 0.25) is 0 Å². The van der Waals surface area contributed by atoms with Gasteiger partial charge < -0.3 is 9.47 Å². The summed E-state index contributed by atoms with van der Waals surface area (Å²) in [5.41, 5.74) is 0. The van der Waals surface area contributed by atoms with Crippen LogP contribution in [0.25, 0.3) is 10.8 Å². The van der Waals surface area contributed by atoms with E-state index in [0.717, 1.165) is 11.5 Å². The molecule has 0 saturated carbocycles. The van der Waals surface area contributed by atoms with Gasteiger partial charge in [0.1, 0.15) is 11.5 Å². The van der Waals surface area contributed by atoms with Gasteiger partial charge in [-0.25, -0.2) is 0 Å². The number of methoxy groups -OCH3 is 2. The zero-order chi connectivity index (χ0) is 11.1. The highest BCUT2D eigenvalue weighted by atomic mass is 33.1. The molecule has 0 amide bonds. The van der Waals surface area contributed by atoms with Crippen molar-refractivity contribution >= 4 is 32.4 Å². The summed E-state index contributed by atoms with van der Waals surface area (Å²) in [5.74, 6) is 1.88. The summed E-state index contributed by atoms with van der Waals surface area (Å²) in [5, 5.41) is 2.50. The van der Waals surface area contributed by atoms with Crippen LogP contribution < -0.4 is 9.47 Å². The molecular formula is C12H10O2S2. The highest BCUT2D eigenvalue weighted by Crippen LogP contribution is 2.57. The Bertz CT molecular complexity index is 520. The van der Waals surface area contributed by atoms with Gasteiger partial charge in [0, 0.05) is 5.39 Å². The fraction of sp³-hybridized carbons (Fsp3) is 0.167. The highest BCUT2D eigenvalue weighted by Gasteiger charge is 2.23. The van der Waals surface area contributed by atoms with Gasteiger partial charge in [-0.3, -0.25) is 0 Å². The molecule has 0 radical (unpaired) electrons.